The van der Waals surface area contributed by atoms with Gasteiger partial charge in [0.2, 0.25) is 5.91 Å². The second-order valence-electron chi connectivity index (χ2n) is 3.25. The first-order valence-corrected chi connectivity index (χ1v) is 5.19. The lowest BCUT2D eigenvalue weighted by atomic mass is 10.2. The molecule has 0 aliphatic heterocycles. The van der Waals surface area contributed by atoms with E-state index in [1.165, 1.54) is 0 Å². The molecule has 0 aliphatic rings. The molecule has 0 saturated carbocycles. The standard InChI is InChI=1S/C10H13BrN2O/c1-13(2)10(14)4-3-9-7-8(11)5-6-12-9/h5-7H,3-4H2,1-2H3. The highest BCUT2D eigenvalue weighted by Crippen LogP contribution is 2.10. The number of carbonyl (C=O) groups excluding carboxylic acids is 1. The number of pyridine rings is 1. The minimum absolute atomic E-state index is 0.131. The lowest BCUT2D eigenvalue weighted by molar-refractivity contribution is -0.128. The Bertz CT molecular complexity index is 326. The number of aryl methyl sites for hydroxylation is 1. The zero-order chi connectivity index (χ0) is 10.6. The van der Waals surface area contributed by atoms with Gasteiger partial charge in [0.15, 0.2) is 0 Å². The second kappa shape index (κ2) is 5.10. The van der Waals surface area contributed by atoms with Crippen LogP contribution in [0.25, 0.3) is 0 Å². The Kier molecular flexibility index (Phi) is 4.07. The molecule has 1 heterocycles. The molecule has 0 unspecified atom stereocenters. The fourth-order valence-electron chi connectivity index (χ4n) is 1.04. The lowest BCUT2D eigenvalue weighted by Crippen LogP contribution is -2.21. The summed E-state index contributed by atoms with van der Waals surface area (Å²) in [5.41, 5.74) is 0.939. The lowest BCUT2D eigenvalue weighted by Gasteiger charge is -2.09. The summed E-state index contributed by atoms with van der Waals surface area (Å²) in [6.45, 7) is 0. The number of hydrogen-bond acceptors (Lipinski definition) is 2. The van der Waals surface area contributed by atoms with Gasteiger partial charge in [0.05, 0.1) is 0 Å². The van der Waals surface area contributed by atoms with Crippen LogP contribution in [0.15, 0.2) is 22.8 Å². The third-order valence-electron chi connectivity index (χ3n) is 1.87. The molecule has 1 aromatic rings. The molecule has 76 valence electrons. The van der Waals surface area contributed by atoms with Crippen molar-refractivity contribution in [2.75, 3.05) is 14.1 Å². The fourth-order valence-corrected chi connectivity index (χ4v) is 1.43. The molecule has 0 aliphatic carbocycles. The number of aromatic nitrogens is 1. The molecule has 0 spiro atoms. The van der Waals surface area contributed by atoms with E-state index in [1.807, 2.05) is 12.1 Å². The number of hydrogen-bond donors (Lipinski definition) is 0. The summed E-state index contributed by atoms with van der Waals surface area (Å²) < 4.78 is 1.000. The van der Waals surface area contributed by atoms with Crippen LogP contribution in [0.5, 0.6) is 0 Å². The quantitative estimate of drug-likeness (QED) is 0.828. The predicted octanol–water partition coefficient (Wildman–Crippen LogP) is 1.86. The van der Waals surface area contributed by atoms with Gasteiger partial charge in [-0.05, 0) is 18.6 Å². The van der Waals surface area contributed by atoms with Crippen molar-refractivity contribution < 1.29 is 4.79 Å². The molecule has 1 amide bonds. The van der Waals surface area contributed by atoms with Gasteiger partial charge in [-0.3, -0.25) is 9.78 Å². The zero-order valence-electron chi connectivity index (χ0n) is 8.33. The Morgan fingerprint density at radius 2 is 2.29 bits per heavy atom. The zero-order valence-corrected chi connectivity index (χ0v) is 9.91. The van der Waals surface area contributed by atoms with Crippen LogP contribution in [0.2, 0.25) is 0 Å². The maximum Gasteiger partial charge on any atom is 0.222 e. The summed E-state index contributed by atoms with van der Waals surface area (Å²) >= 11 is 3.36. The Labute approximate surface area is 92.3 Å². The molecule has 1 rings (SSSR count). The van der Waals surface area contributed by atoms with Gasteiger partial charge < -0.3 is 4.90 Å². The van der Waals surface area contributed by atoms with E-state index in [2.05, 4.69) is 20.9 Å². The summed E-state index contributed by atoms with van der Waals surface area (Å²) in [4.78, 5) is 17.1. The average molecular weight is 257 g/mol. The summed E-state index contributed by atoms with van der Waals surface area (Å²) in [6.07, 6.45) is 2.94. The van der Waals surface area contributed by atoms with Crippen LogP contribution in [0.3, 0.4) is 0 Å². The highest BCUT2D eigenvalue weighted by atomic mass is 79.9. The average Bonchev–Trinajstić information content (AvgIpc) is 2.14. The number of nitrogens with zero attached hydrogens (tertiary/aromatic N) is 2. The van der Waals surface area contributed by atoms with Gasteiger partial charge in [-0.2, -0.15) is 0 Å². The van der Waals surface area contributed by atoms with E-state index < -0.39 is 0 Å². The van der Waals surface area contributed by atoms with Crippen LogP contribution >= 0.6 is 15.9 Å². The topological polar surface area (TPSA) is 33.2 Å². The summed E-state index contributed by atoms with van der Waals surface area (Å²) in [7, 11) is 3.52. The van der Waals surface area contributed by atoms with Crippen LogP contribution in [0, 0.1) is 0 Å². The highest BCUT2D eigenvalue weighted by Gasteiger charge is 2.04. The number of carbonyl (C=O) groups is 1. The predicted molar refractivity (Wildman–Crippen MR) is 59.0 cm³/mol. The first-order chi connectivity index (χ1) is 6.59. The SMILES string of the molecule is CN(C)C(=O)CCc1cc(Br)ccn1. The van der Waals surface area contributed by atoms with Crippen molar-refractivity contribution in [3.63, 3.8) is 0 Å². The third kappa shape index (κ3) is 3.46. The van der Waals surface area contributed by atoms with Crippen LogP contribution in [-0.2, 0) is 11.2 Å². The molecule has 1 aromatic heterocycles. The summed E-state index contributed by atoms with van der Waals surface area (Å²) in [5, 5.41) is 0. The van der Waals surface area contributed by atoms with E-state index in [1.54, 1.807) is 25.2 Å². The van der Waals surface area contributed by atoms with Crippen molar-refractivity contribution in [2.24, 2.45) is 0 Å². The first-order valence-electron chi connectivity index (χ1n) is 4.40. The van der Waals surface area contributed by atoms with Crippen LogP contribution < -0.4 is 0 Å². The minimum atomic E-state index is 0.131. The number of amides is 1. The first kappa shape index (κ1) is 11.2. The number of halogens is 1. The van der Waals surface area contributed by atoms with Crippen molar-refractivity contribution >= 4 is 21.8 Å². The van der Waals surface area contributed by atoms with Gasteiger partial charge in [-0.15, -0.1) is 0 Å². The maximum absolute atomic E-state index is 11.3. The van der Waals surface area contributed by atoms with Crippen LogP contribution in [0.4, 0.5) is 0 Å². The van der Waals surface area contributed by atoms with Crippen molar-refractivity contribution in [3.8, 4) is 0 Å². The van der Waals surface area contributed by atoms with Gasteiger partial charge in [-0.1, -0.05) is 15.9 Å². The Balaban J connectivity index is 2.50. The van der Waals surface area contributed by atoms with E-state index in [4.69, 9.17) is 0 Å². The van der Waals surface area contributed by atoms with E-state index in [-0.39, 0.29) is 5.91 Å². The highest BCUT2D eigenvalue weighted by molar-refractivity contribution is 9.10. The van der Waals surface area contributed by atoms with Crippen molar-refractivity contribution in [2.45, 2.75) is 12.8 Å². The van der Waals surface area contributed by atoms with E-state index in [0.29, 0.717) is 12.8 Å². The largest absolute Gasteiger partial charge is 0.349 e. The van der Waals surface area contributed by atoms with Gasteiger partial charge in [0, 0.05) is 36.9 Å². The fraction of sp³-hybridized carbons (Fsp3) is 0.400. The van der Waals surface area contributed by atoms with Crippen molar-refractivity contribution in [3.05, 3.63) is 28.5 Å². The van der Waals surface area contributed by atoms with Crippen molar-refractivity contribution in [1.82, 2.24) is 9.88 Å². The molecular formula is C10H13BrN2O. The molecule has 0 saturated heterocycles. The smallest absolute Gasteiger partial charge is 0.222 e. The molecule has 0 radical (unpaired) electrons. The monoisotopic (exact) mass is 256 g/mol. The molecule has 0 N–H and O–H groups in total. The molecular weight excluding hydrogens is 244 g/mol. The molecule has 14 heavy (non-hydrogen) atoms. The molecule has 0 fully saturated rings. The summed E-state index contributed by atoms with van der Waals surface area (Å²) in [6, 6.07) is 3.81. The molecule has 0 bridgehead atoms. The van der Waals surface area contributed by atoms with Crippen LogP contribution in [-0.4, -0.2) is 29.9 Å². The van der Waals surface area contributed by atoms with Gasteiger partial charge in [0.1, 0.15) is 0 Å². The molecule has 0 atom stereocenters. The minimum Gasteiger partial charge on any atom is -0.349 e. The van der Waals surface area contributed by atoms with E-state index >= 15 is 0 Å². The summed E-state index contributed by atoms with van der Waals surface area (Å²) in [5.74, 6) is 0.131. The molecule has 0 aromatic carbocycles. The maximum atomic E-state index is 11.3. The van der Waals surface area contributed by atoms with Crippen molar-refractivity contribution in [1.29, 1.82) is 0 Å². The van der Waals surface area contributed by atoms with E-state index in [0.717, 1.165) is 10.2 Å². The Hall–Kier alpha value is -0.900. The normalized spacial score (nSPS) is 9.93. The number of rotatable bonds is 3. The molecule has 4 heteroatoms. The van der Waals surface area contributed by atoms with Gasteiger partial charge >= 0.3 is 0 Å². The Morgan fingerprint density at radius 3 is 2.86 bits per heavy atom. The van der Waals surface area contributed by atoms with Gasteiger partial charge in [0.25, 0.3) is 0 Å². The van der Waals surface area contributed by atoms with E-state index in [9.17, 15) is 4.79 Å². The van der Waals surface area contributed by atoms with Crippen LogP contribution in [0.1, 0.15) is 12.1 Å². The molecule has 3 nitrogen and oxygen atoms in total. The Morgan fingerprint density at radius 1 is 1.57 bits per heavy atom. The van der Waals surface area contributed by atoms with Gasteiger partial charge in [-0.25, -0.2) is 0 Å². The third-order valence-corrected chi connectivity index (χ3v) is 2.37. The second-order valence-corrected chi connectivity index (χ2v) is 4.17.